The largest absolute Gasteiger partial charge is 0.377 e. The van der Waals surface area contributed by atoms with Crippen LogP contribution in [0.15, 0.2) is 24.3 Å². The number of fused-ring (bicyclic) bond motifs is 1. The molecule has 1 aliphatic rings. The first-order valence-electron chi connectivity index (χ1n) is 6.06. The summed E-state index contributed by atoms with van der Waals surface area (Å²) in [6, 6.07) is 9.49. The number of hydrogen-bond donors (Lipinski definition) is 1. The van der Waals surface area contributed by atoms with Crippen LogP contribution in [0.4, 0.5) is 5.69 Å². The molecule has 0 saturated heterocycles. The van der Waals surface area contributed by atoms with Gasteiger partial charge >= 0.3 is 0 Å². The molecule has 1 aliphatic heterocycles. The Morgan fingerprint density at radius 1 is 1.18 bits per heavy atom. The SMILES string of the molecule is Cc1cc(C)c2c(c1)NC(c1ccc(C)s1)C2. The molecule has 0 bridgehead atoms. The second kappa shape index (κ2) is 3.88. The third-order valence-corrected chi connectivity index (χ3v) is 4.57. The molecule has 0 radical (unpaired) electrons. The molecule has 1 aromatic heterocycles. The number of aryl methyl sites for hydroxylation is 3. The van der Waals surface area contributed by atoms with Crippen LogP contribution < -0.4 is 5.32 Å². The molecule has 1 atom stereocenters. The predicted octanol–water partition coefficient (Wildman–Crippen LogP) is 4.38. The van der Waals surface area contributed by atoms with Gasteiger partial charge < -0.3 is 5.32 Å². The van der Waals surface area contributed by atoms with Gasteiger partial charge in [0, 0.05) is 15.4 Å². The summed E-state index contributed by atoms with van der Waals surface area (Å²) < 4.78 is 0. The standard InChI is InChI=1S/C15H17NS/c1-9-6-10(2)12-8-14(16-13(12)7-9)15-5-4-11(3)17-15/h4-7,14,16H,8H2,1-3H3. The smallest absolute Gasteiger partial charge is 0.0647 e. The highest BCUT2D eigenvalue weighted by Crippen LogP contribution is 2.38. The fourth-order valence-corrected chi connectivity index (χ4v) is 3.58. The van der Waals surface area contributed by atoms with Gasteiger partial charge in [0.2, 0.25) is 0 Å². The summed E-state index contributed by atoms with van der Waals surface area (Å²) >= 11 is 1.90. The van der Waals surface area contributed by atoms with E-state index in [-0.39, 0.29) is 0 Å². The lowest BCUT2D eigenvalue weighted by molar-refractivity contribution is 0.840. The number of nitrogens with one attached hydrogen (secondary N) is 1. The average Bonchev–Trinajstić information content (AvgIpc) is 2.83. The first-order chi connectivity index (χ1) is 8.13. The second-order valence-electron chi connectivity index (χ2n) is 4.96. The first-order valence-corrected chi connectivity index (χ1v) is 6.88. The summed E-state index contributed by atoms with van der Waals surface area (Å²) in [5.74, 6) is 0. The Labute approximate surface area is 106 Å². The van der Waals surface area contributed by atoms with Crippen molar-refractivity contribution < 1.29 is 0 Å². The highest BCUT2D eigenvalue weighted by Gasteiger charge is 2.24. The summed E-state index contributed by atoms with van der Waals surface area (Å²) in [6.07, 6.45) is 1.13. The van der Waals surface area contributed by atoms with E-state index in [2.05, 4.69) is 50.4 Å². The maximum absolute atomic E-state index is 3.66. The van der Waals surface area contributed by atoms with Crippen LogP contribution in [0.25, 0.3) is 0 Å². The number of hydrogen-bond acceptors (Lipinski definition) is 2. The lowest BCUT2D eigenvalue weighted by atomic mass is 10.0. The zero-order valence-corrected chi connectivity index (χ0v) is 11.3. The lowest BCUT2D eigenvalue weighted by Gasteiger charge is -2.08. The van der Waals surface area contributed by atoms with Crippen molar-refractivity contribution in [3.05, 3.63) is 50.7 Å². The Morgan fingerprint density at radius 2 is 2.00 bits per heavy atom. The van der Waals surface area contributed by atoms with E-state index >= 15 is 0 Å². The fourth-order valence-electron chi connectivity index (χ4n) is 2.65. The Morgan fingerprint density at radius 3 is 2.71 bits per heavy atom. The molecule has 0 amide bonds. The van der Waals surface area contributed by atoms with Gasteiger partial charge in [0.15, 0.2) is 0 Å². The van der Waals surface area contributed by atoms with Crippen LogP contribution in [-0.4, -0.2) is 0 Å². The van der Waals surface area contributed by atoms with Gasteiger partial charge in [0.25, 0.3) is 0 Å². The quantitative estimate of drug-likeness (QED) is 0.783. The topological polar surface area (TPSA) is 12.0 Å². The number of thiophene rings is 1. The fraction of sp³-hybridized carbons (Fsp3) is 0.333. The van der Waals surface area contributed by atoms with Crippen molar-refractivity contribution in [2.24, 2.45) is 0 Å². The molecule has 0 fully saturated rings. The molecule has 0 saturated carbocycles. The molecule has 2 heterocycles. The van der Waals surface area contributed by atoms with Crippen molar-refractivity contribution in [2.75, 3.05) is 5.32 Å². The molecule has 1 unspecified atom stereocenters. The summed E-state index contributed by atoms with van der Waals surface area (Å²) in [6.45, 7) is 6.55. The zero-order chi connectivity index (χ0) is 12.0. The summed E-state index contributed by atoms with van der Waals surface area (Å²) in [7, 11) is 0. The van der Waals surface area contributed by atoms with Gasteiger partial charge in [-0.15, -0.1) is 11.3 Å². The Bertz CT molecular complexity index is 568. The minimum atomic E-state index is 0.476. The van der Waals surface area contributed by atoms with Crippen molar-refractivity contribution in [3.63, 3.8) is 0 Å². The van der Waals surface area contributed by atoms with Gasteiger partial charge in [-0.1, -0.05) is 6.07 Å². The van der Waals surface area contributed by atoms with Gasteiger partial charge in [-0.05, 0) is 62.1 Å². The van der Waals surface area contributed by atoms with E-state index in [0.29, 0.717) is 6.04 Å². The summed E-state index contributed by atoms with van der Waals surface area (Å²) in [5.41, 5.74) is 5.59. The Balaban J connectivity index is 1.95. The lowest BCUT2D eigenvalue weighted by Crippen LogP contribution is -2.02. The van der Waals surface area contributed by atoms with Crippen molar-refractivity contribution in [3.8, 4) is 0 Å². The molecule has 1 N–H and O–H groups in total. The van der Waals surface area contributed by atoms with E-state index < -0.39 is 0 Å². The van der Waals surface area contributed by atoms with Gasteiger partial charge in [0.1, 0.15) is 0 Å². The van der Waals surface area contributed by atoms with E-state index in [1.54, 1.807) is 0 Å². The van der Waals surface area contributed by atoms with Crippen LogP contribution in [0.3, 0.4) is 0 Å². The number of anilines is 1. The molecule has 2 aromatic rings. The molecule has 1 aromatic carbocycles. The third-order valence-electron chi connectivity index (χ3n) is 3.46. The zero-order valence-electron chi connectivity index (χ0n) is 10.5. The van der Waals surface area contributed by atoms with Gasteiger partial charge in [-0.2, -0.15) is 0 Å². The highest BCUT2D eigenvalue weighted by molar-refractivity contribution is 7.12. The molecule has 88 valence electrons. The summed E-state index contributed by atoms with van der Waals surface area (Å²) in [4.78, 5) is 2.85. The number of benzene rings is 1. The van der Waals surface area contributed by atoms with Gasteiger partial charge in [0.05, 0.1) is 6.04 Å². The van der Waals surface area contributed by atoms with E-state index in [0.717, 1.165) is 6.42 Å². The predicted molar refractivity (Wildman–Crippen MR) is 75.0 cm³/mol. The monoisotopic (exact) mass is 243 g/mol. The van der Waals surface area contributed by atoms with Crippen LogP contribution in [-0.2, 0) is 6.42 Å². The van der Waals surface area contributed by atoms with Crippen molar-refractivity contribution >= 4 is 17.0 Å². The minimum absolute atomic E-state index is 0.476. The first kappa shape index (κ1) is 10.8. The Hall–Kier alpha value is -1.28. The maximum atomic E-state index is 3.66. The van der Waals surface area contributed by atoms with E-state index in [1.807, 2.05) is 11.3 Å². The Kier molecular flexibility index (Phi) is 2.48. The molecule has 3 rings (SSSR count). The molecular weight excluding hydrogens is 226 g/mol. The highest BCUT2D eigenvalue weighted by atomic mass is 32.1. The number of rotatable bonds is 1. The van der Waals surface area contributed by atoms with Crippen LogP contribution in [0.5, 0.6) is 0 Å². The minimum Gasteiger partial charge on any atom is -0.377 e. The van der Waals surface area contributed by atoms with Crippen LogP contribution in [0, 0.1) is 20.8 Å². The van der Waals surface area contributed by atoms with Crippen LogP contribution in [0.1, 0.15) is 32.5 Å². The van der Waals surface area contributed by atoms with E-state index in [1.165, 1.54) is 32.1 Å². The third kappa shape index (κ3) is 1.87. The molecule has 17 heavy (non-hydrogen) atoms. The average molecular weight is 243 g/mol. The van der Waals surface area contributed by atoms with Crippen molar-refractivity contribution in [1.82, 2.24) is 0 Å². The molecule has 0 aliphatic carbocycles. The van der Waals surface area contributed by atoms with Crippen molar-refractivity contribution in [1.29, 1.82) is 0 Å². The van der Waals surface area contributed by atoms with Crippen LogP contribution >= 0.6 is 11.3 Å². The summed E-state index contributed by atoms with van der Waals surface area (Å²) in [5, 5.41) is 3.66. The molecule has 0 spiro atoms. The normalized spacial score (nSPS) is 17.9. The van der Waals surface area contributed by atoms with Gasteiger partial charge in [-0.3, -0.25) is 0 Å². The maximum Gasteiger partial charge on any atom is 0.0647 e. The van der Waals surface area contributed by atoms with Crippen LogP contribution in [0.2, 0.25) is 0 Å². The molecular formula is C15H17NS. The molecule has 2 heteroatoms. The van der Waals surface area contributed by atoms with Gasteiger partial charge in [-0.25, -0.2) is 0 Å². The second-order valence-corrected chi connectivity index (χ2v) is 6.28. The van der Waals surface area contributed by atoms with E-state index in [4.69, 9.17) is 0 Å². The van der Waals surface area contributed by atoms with E-state index in [9.17, 15) is 0 Å². The van der Waals surface area contributed by atoms with Crippen molar-refractivity contribution in [2.45, 2.75) is 33.2 Å². The molecule has 1 nitrogen and oxygen atoms in total.